The molecule has 0 N–H and O–H groups in total. The van der Waals surface area contributed by atoms with E-state index >= 15 is 0 Å². The molecule has 0 aliphatic heterocycles. The first kappa shape index (κ1) is 41.2. The zero-order chi connectivity index (χ0) is 33.8. The van der Waals surface area contributed by atoms with Gasteiger partial charge in [0.1, 0.15) is 0 Å². The van der Waals surface area contributed by atoms with Crippen LogP contribution in [0, 0.1) is 42.5 Å². The molecule has 0 bridgehead atoms. The zero-order valence-corrected chi connectivity index (χ0v) is 31.8. The molecule has 0 heterocycles. The van der Waals surface area contributed by atoms with Crippen LogP contribution in [-0.4, -0.2) is 0 Å². The van der Waals surface area contributed by atoms with Crippen molar-refractivity contribution in [2.24, 2.45) is 0 Å². The molecule has 0 amide bonds. The van der Waals surface area contributed by atoms with Crippen molar-refractivity contribution in [3.63, 3.8) is 0 Å². The summed E-state index contributed by atoms with van der Waals surface area (Å²) >= 11 is 0. The third-order valence-electron chi connectivity index (χ3n) is 8.61. The normalized spacial score (nSPS) is 11.2. The van der Waals surface area contributed by atoms with Crippen LogP contribution < -0.4 is 0 Å². The van der Waals surface area contributed by atoms with Crippen LogP contribution in [0.3, 0.4) is 0 Å². The minimum atomic E-state index is 0. The van der Waals surface area contributed by atoms with E-state index < -0.39 is 0 Å². The molecule has 1 aliphatic carbocycles. The van der Waals surface area contributed by atoms with Crippen LogP contribution in [0.2, 0.25) is 0 Å². The molecule has 0 radical (unpaired) electrons. The van der Waals surface area contributed by atoms with Gasteiger partial charge in [-0.1, -0.05) is 7.43 Å². The van der Waals surface area contributed by atoms with E-state index in [0.29, 0.717) is 0 Å². The second-order valence-corrected chi connectivity index (χ2v) is 12.5. The molecule has 0 fully saturated rings. The van der Waals surface area contributed by atoms with E-state index in [-0.39, 0.29) is 48.3 Å². The molecule has 0 unspecified atom stereocenters. The van der Waals surface area contributed by atoms with Gasteiger partial charge in [0, 0.05) is 40.8 Å². The first-order valence-electron chi connectivity index (χ1n) is 17.2. The molecule has 272 valence electrons. The molecule has 0 spiro atoms. The number of allylic oxidation sites excluding steroid dienone is 4. The molecular formula is C51H40Pd2-8. The zero-order valence-electron chi connectivity index (χ0n) is 28.7. The Morgan fingerprint density at radius 3 is 1.36 bits per heavy atom. The van der Waals surface area contributed by atoms with Gasteiger partial charge in [-0.15, -0.1) is 29.7 Å². The van der Waals surface area contributed by atoms with Crippen LogP contribution >= 0.6 is 0 Å². The van der Waals surface area contributed by atoms with Gasteiger partial charge in [-0.2, -0.15) is 203 Å². The average molecular weight is 866 g/mol. The molecule has 0 saturated heterocycles. The monoisotopic (exact) mass is 864 g/mol. The van der Waals surface area contributed by atoms with Crippen LogP contribution in [0.15, 0.2) is 158 Å². The second-order valence-electron chi connectivity index (χ2n) is 12.5. The van der Waals surface area contributed by atoms with Crippen molar-refractivity contribution in [2.45, 2.75) is 39.5 Å². The van der Waals surface area contributed by atoms with Crippen LogP contribution in [0.4, 0.5) is 0 Å². The average Bonchev–Trinajstić information content (AvgIpc) is 3.90. The van der Waals surface area contributed by atoms with E-state index in [1.54, 1.807) is 0 Å². The Balaban J connectivity index is 0.000000224. The topological polar surface area (TPSA) is 0 Å². The predicted octanol–water partition coefficient (Wildman–Crippen LogP) is 11.7. The fourth-order valence-electron chi connectivity index (χ4n) is 6.17. The molecular weight excluding hydrogens is 825 g/mol. The van der Waals surface area contributed by atoms with Crippen molar-refractivity contribution < 1.29 is 40.8 Å². The second kappa shape index (κ2) is 21.2. The molecule has 2 heteroatoms. The minimum absolute atomic E-state index is 0. The Bertz CT molecular complexity index is 2170. The van der Waals surface area contributed by atoms with Crippen LogP contribution in [0.1, 0.15) is 63.9 Å². The summed E-state index contributed by atoms with van der Waals surface area (Å²) in [5, 5.41) is 0. The molecule has 7 aromatic carbocycles. The number of benzene rings is 6. The summed E-state index contributed by atoms with van der Waals surface area (Å²) in [6.07, 6.45) is 11.8. The van der Waals surface area contributed by atoms with Gasteiger partial charge in [-0.3, -0.25) is 0 Å². The molecule has 8 rings (SSSR count). The Labute approximate surface area is 345 Å². The summed E-state index contributed by atoms with van der Waals surface area (Å²) in [5.74, 6) is 0. The molecule has 7 aromatic rings. The Morgan fingerprint density at radius 2 is 0.906 bits per heavy atom. The van der Waals surface area contributed by atoms with Gasteiger partial charge >= 0.3 is 0 Å². The van der Waals surface area contributed by atoms with Gasteiger partial charge in [0.05, 0.1) is 0 Å². The largest absolute Gasteiger partial charge is 0.247 e. The van der Waals surface area contributed by atoms with Crippen molar-refractivity contribution in [2.75, 3.05) is 0 Å². The van der Waals surface area contributed by atoms with Gasteiger partial charge < -0.3 is 0 Å². The van der Waals surface area contributed by atoms with Crippen molar-refractivity contribution >= 4 is 5.57 Å². The van der Waals surface area contributed by atoms with Crippen molar-refractivity contribution in [1.82, 2.24) is 0 Å². The Hall–Kier alpha value is -4.53. The van der Waals surface area contributed by atoms with Gasteiger partial charge in [-0.25, -0.2) is 40.5 Å². The maximum Gasteiger partial charge on any atom is 0 e. The summed E-state index contributed by atoms with van der Waals surface area (Å²) in [6.45, 7) is 0. The molecule has 0 atom stereocenters. The van der Waals surface area contributed by atoms with Crippen molar-refractivity contribution in [3.05, 3.63) is 250 Å². The first-order valence-corrected chi connectivity index (χ1v) is 17.2. The van der Waals surface area contributed by atoms with Gasteiger partial charge in [-0.05, 0) is 25.7 Å². The van der Waals surface area contributed by atoms with Crippen LogP contribution in [0.5, 0.6) is 0 Å². The predicted molar refractivity (Wildman–Crippen MR) is 211 cm³/mol. The van der Waals surface area contributed by atoms with Gasteiger partial charge in [0.2, 0.25) is 0 Å². The molecule has 0 aromatic heterocycles. The van der Waals surface area contributed by atoms with Crippen molar-refractivity contribution in [1.29, 1.82) is 0 Å². The fourth-order valence-corrected chi connectivity index (χ4v) is 6.17. The van der Waals surface area contributed by atoms with E-state index in [4.69, 9.17) is 0 Å². The fraction of sp³-hybridized carbons (Fsp3) is 0.118. The first-order chi connectivity index (χ1) is 24.7. The molecule has 53 heavy (non-hydrogen) atoms. The smallest absolute Gasteiger partial charge is 0 e. The summed E-state index contributed by atoms with van der Waals surface area (Å²) in [4.78, 5) is 0. The summed E-state index contributed by atoms with van der Waals surface area (Å²) in [5.41, 5.74) is 14.3. The maximum absolute atomic E-state index is 3.56. The van der Waals surface area contributed by atoms with E-state index in [1.165, 1.54) is 55.6 Å². The van der Waals surface area contributed by atoms with Crippen LogP contribution in [-0.2, 0) is 66.5 Å². The number of hydrogen-bond acceptors (Lipinski definition) is 0. The number of rotatable bonds is 10. The number of hydrogen-bond donors (Lipinski definition) is 0. The Kier molecular flexibility index (Phi) is 16.5. The van der Waals surface area contributed by atoms with Gasteiger partial charge in [0.15, 0.2) is 0 Å². The Morgan fingerprint density at radius 1 is 0.453 bits per heavy atom. The van der Waals surface area contributed by atoms with E-state index in [1.807, 2.05) is 30.3 Å². The third-order valence-corrected chi connectivity index (χ3v) is 8.61. The summed E-state index contributed by atoms with van der Waals surface area (Å²) in [6, 6.07) is 70.9. The standard InChI is InChI=1S/2C25H18.CH4.2Pd/c2*1-2-8-20(9-3-1)16-21-10-6-11-22(17-21)18-23-12-7-15-25(19-23)24-13-4-5-14-24;;;/h1-8,10-12,15H,13,16,18H2;1-8,10-15H,16,18H2;1H4;;/q2*-4;;;. The van der Waals surface area contributed by atoms with E-state index in [9.17, 15) is 0 Å². The quantitative estimate of drug-likeness (QED) is 0.0949. The SMILES string of the molecule is C.[C-]1=C(c2[c-]c(Cc3[c-]c(Cc4[c-]cccc4)ccc3)ccc2)CC=C1.[Pd].[Pd].[c-]1ccccc1Cc1[c-]c(Cc2[c-]c(-c3ccc[cH-]3)ccc2)ccc1. The summed E-state index contributed by atoms with van der Waals surface area (Å²) in [7, 11) is 0. The molecule has 0 nitrogen and oxygen atoms in total. The van der Waals surface area contributed by atoms with Crippen LogP contribution in [0.25, 0.3) is 16.7 Å². The summed E-state index contributed by atoms with van der Waals surface area (Å²) < 4.78 is 0. The van der Waals surface area contributed by atoms with E-state index in [0.717, 1.165) is 43.2 Å². The van der Waals surface area contributed by atoms with E-state index in [2.05, 4.69) is 170 Å². The minimum Gasteiger partial charge on any atom is -0.247 e. The maximum atomic E-state index is 3.56. The molecule has 0 saturated carbocycles. The van der Waals surface area contributed by atoms with Gasteiger partial charge in [0.25, 0.3) is 0 Å². The molecule has 1 aliphatic rings. The third kappa shape index (κ3) is 12.3. The van der Waals surface area contributed by atoms with Crippen molar-refractivity contribution in [3.8, 4) is 11.1 Å².